The second kappa shape index (κ2) is 7.20. The Morgan fingerprint density at radius 3 is 2.65 bits per heavy atom. The Kier molecular flexibility index (Phi) is 5.24. The molecule has 0 atom stereocenters. The molecule has 128 valence electrons. The molecular weight excluding hydrogens is 288 g/mol. The number of hydrogen-bond donors (Lipinski definition) is 1. The minimum absolute atomic E-state index is 0.0898. The molecule has 0 saturated carbocycles. The number of nitrogens with zero attached hydrogens (tertiary/aromatic N) is 2. The number of piperidine rings is 1. The van der Waals surface area contributed by atoms with Crippen LogP contribution in [0.5, 0.6) is 5.75 Å². The summed E-state index contributed by atoms with van der Waals surface area (Å²) in [4.78, 5) is 5.15. The predicted molar refractivity (Wildman–Crippen MR) is 92.6 cm³/mol. The van der Waals surface area contributed by atoms with E-state index in [0.29, 0.717) is 0 Å². The quantitative estimate of drug-likeness (QED) is 0.926. The molecule has 4 heteroatoms. The van der Waals surface area contributed by atoms with Crippen molar-refractivity contribution in [3.63, 3.8) is 0 Å². The first-order valence-corrected chi connectivity index (χ1v) is 8.91. The Morgan fingerprint density at radius 1 is 1.13 bits per heavy atom. The topological polar surface area (TPSA) is 35.9 Å². The Bertz CT molecular complexity index is 524. The molecule has 1 N–H and O–H groups in total. The van der Waals surface area contributed by atoms with Crippen LogP contribution < -0.4 is 4.74 Å². The normalized spacial score (nSPS) is 20.7. The predicted octanol–water partition coefficient (Wildman–Crippen LogP) is 2.64. The number of fused-ring (bicyclic) bond motifs is 1. The van der Waals surface area contributed by atoms with Gasteiger partial charge in [0, 0.05) is 30.7 Å². The lowest BCUT2D eigenvalue weighted by atomic mass is 9.97. The fourth-order valence-corrected chi connectivity index (χ4v) is 3.88. The van der Waals surface area contributed by atoms with Crippen LogP contribution in [-0.2, 0) is 13.2 Å². The molecule has 2 aliphatic heterocycles. The first-order chi connectivity index (χ1) is 11.1. The van der Waals surface area contributed by atoms with Gasteiger partial charge in [-0.15, -0.1) is 0 Å². The molecule has 0 amide bonds. The van der Waals surface area contributed by atoms with Crippen molar-refractivity contribution in [3.8, 4) is 5.75 Å². The van der Waals surface area contributed by atoms with Gasteiger partial charge >= 0.3 is 0 Å². The number of aliphatic hydroxyl groups excluding tert-OH is 1. The fraction of sp³-hybridized carbons (Fsp3) is 0.684. The maximum Gasteiger partial charge on any atom is 0.123 e. The molecule has 1 fully saturated rings. The Balaban J connectivity index is 1.70. The fourth-order valence-electron chi connectivity index (χ4n) is 3.88. The molecule has 1 saturated heterocycles. The summed E-state index contributed by atoms with van der Waals surface area (Å²) < 4.78 is 5.90. The average Bonchev–Trinajstić information content (AvgIpc) is 2.76. The number of hydrogen-bond acceptors (Lipinski definition) is 4. The van der Waals surface area contributed by atoms with Crippen LogP contribution in [0.2, 0.25) is 0 Å². The average molecular weight is 318 g/mol. The van der Waals surface area contributed by atoms with Gasteiger partial charge in [-0.3, -0.25) is 9.80 Å². The smallest absolute Gasteiger partial charge is 0.123 e. The molecule has 0 aromatic heterocycles. The summed E-state index contributed by atoms with van der Waals surface area (Å²) in [5.41, 5.74) is 2.35. The van der Waals surface area contributed by atoms with Gasteiger partial charge in [0.2, 0.25) is 0 Å². The van der Waals surface area contributed by atoms with Crippen LogP contribution in [0.25, 0.3) is 0 Å². The summed E-state index contributed by atoms with van der Waals surface area (Å²) >= 11 is 0. The molecule has 0 spiro atoms. The van der Waals surface area contributed by atoms with E-state index in [1.54, 1.807) is 0 Å². The van der Waals surface area contributed by atoms with Gasteiger partial charge in [0.25, 0.3) is 0 Å². The third kappa shape index (κ3) is 4.06. The Morgan fingerprint density at radius 2 is 1.91 bits per heavy atom. The number of rotatable bonds is 4. The van der Waals surface area contributed by atoms with Crippen LogP contribution in [0.15, 0.2) is 18.2 Å². The van der Waals surface area contributed by atoms with Crippen molar-refractivity contribution in [2.75, 3.05) is 32.8 Å². The standard InChI is InChI=1S/C19H30N2O2/c1-19(2,21-8-4-3-5-9-21)15-20-10-11-23-18-7-6-16(14-22)12-17(18)13-20/h6-7,12,22H,3-5,8-11,13-15H2,1-2H3. The van der Waals surface area contributed by atoms with Crippen LogP contribution in [0.1, 0.15) is 44.2 Å². The van der Waals surface area contributed by atoms with Crippen molar-refractivity contribution in [1.29, 1.82) is 0 Å². The minimum Gasteiger partial charge on any atom is -0.492 e. The second-order valence-electron chi connectivity index (χ2n) is 7.52. The summed E-state index contributed by atoms with van der Waals surface area (Å²) in [7, 11) is 0. The lowest BCUT2D eigenvalue weighted by Gasteiger charge is -2.43. The summed E-state index contributed by atoms with van der Waals surface area (Å²) in [6.07, 6.45) is 4.03. The second-order valence-corrected chi connectivity index (χ2v) is 7.52. The maximum absolute atomic E-state index is 9.37. The van der Waals surface area contributed by atoms with Gasteiger partial charge in [-0.05, 0) is 57.5 Å². The molecule has 3 rings (SSSR count). The SMILES string of the molecule is CC(C)(CN1CCOc2ccc(CO)cc2C1)N1CCCCC1. The van der Waals surface area contributed by atoms with E-state index in [1.807, 2.05) is 12.1 Å². The first kappa shape index (κ1) is 16.7. The van der Waals surface area contributed by atoms with Crippen LogP contribution in [-0.4, -0.2) is 53.2 Å². The lowest BCUT2D eigenvalue weighted by molar-refractivity contribution is 0.0533. The third-order valence-electron chi connectivity index (χ3n) is 5.19. The highest BCUT2D eigenvalue weighted by atomic mass is 16.5. The monoisotopic (exact) mass is 318 g/mol. The third-order valence-corrected chi connectivity index (χ3v) is 5.19. The minimum atomic E-state index is 0.0898. The first-order valence-electron chi connectivity index (χ1n) is 8.91. The number of ether oxygens (including phenoxy) is 1. The molecular formula is C19H30N2O2. The van der Waals surface area contributed by atoms with E-state index in [2.05, 4.69) is 29.7 Å². The largest absolute Gasteiger partial charge is 0.492 e. The number of likely N-dealkylation sites (tertiary alicyclic amines) is 1. The Hall–Kier alpha value is -1.10. The van der Waals surface area contributed by atoms with Crippen molar-refractivity contribution in [2.45, 2.75) is 51.8 Å². The molecule has 0 radical (unpaired) electrons. The van der Waals surface area contributed by atoms with Crippen LogP contribution >= 0.6 is 0 Å². The maximum atomic E-state index is 9.37. The molecule has 4 nitrogen and oxygen atoms in total. The summed E-state index contributed by atoms with van der Waals surface area (Å²) in [6, 6.07) is 6.04. The van der Waals surface area contributed by atoms with E-state index in [1.165, 1.54) is 37.9 Å². The molecule has 0 unspecified atom stereocenters. The molecule has 2 aliphatic rings. The summed E-state index contributed by atoms with van der Waals surface area (Å²) in [5, 5.41) is 9.37. The highest BCUT2D eigenvalue weighted by Crippen LogP contribution is 2.27. The van der Waals surface area contributed by atoms with Gasteiger partial charge in [-0.1, -0.05) is 12.5 Å². The molecule has 1 aromatic carbocycles. The van der Waals surface area contributed by atoms with E-state index in [4.69, 9.17) is 4.74 Å². The van der Waals surface area contributed by atoms with Gasteiger partial charge < -0.3 is 9.84 Å². The van der Waals surface area contributed by atoms with Gasteiger partial charge in [-0.25, -0.2) is 0 Å². The molecule has 0 bridgehead atoms. The zero-order valence-electron chi connectivity index (χ0n) is 14.6. The molecule has 0 aliphatic carbocycles. The van der Waals surface area contributed by atoms with Crippen molar-refractivity contribution >= 4 is 0 Å². The number of benzene rings is 1. The zero-order valence-corrected chi connectivity index (χ0v) is 14.6. The highest BCUT2D eigenvalue weighted by molar-refractivity contribution is 5.37. The highest BCUT2D eigenvalue weighted by Gasteiger charge is 2.30. The zero-order chi connectivity index (χ0) is 16.3. The lowest BCUT2D eigenvalue weighted by Crippen LogP contribution is -2.53. The van der Waals surface area contributed by atoms with E-state index >= 15 is 0 Å². The Labute approximate surface area is 140 Å². The van der Waals surface area contributed by atoms with Crippen molar-refractivity contribution in [2.24, 2.45) is 0 Å². The van der Waals surface area contributed by atoms with Gasteiger partial charge in [0.1, 0.15) is 12.4 Å². The van der Waals surface area contributed by atoms with Crippen molar-refractivity contribution in [1.82, 2.24) is 9.80 Å². The van der Waals surface area contributed by atoms with E-state index in [0.717, 1.165) is 37.6 Å². The van der Waals surface area contributed by atoms with E-state index in [-0.39, 0.29) is 12.1 Å². The van der Waals surface area contributed by atoms with Gasteiger partial charge in [0.15, 0.2) is 0 Å². The number of aliphatic hydroxyl groups is 1. The molecule has 2 heterocycles. The van der Waals surface area contributed by atoms with Crippen molar-refractivity contribution < 1.29 is 9.84 Å². The van der Waals surface area contributed by atoms with Crippen molar-refractivity contribution in [3.05, 3.63) is 29.3 Å². The van der Waals surface area contributed by atoms with Crippen LogP contribution in [0.3, 0.4) is 0 Å². The van der Waals surface area contributed by atoms with Crippen LogP contribution in [0, 0.1) is 0 Å². The van der Waals surface area contributed by atoms with Gasteiger partial charge in [0.05, 0.1) is 6.61 Å². The van der Waals surface area contributed by atoms with Crippen LogP contribution in [0.4, 0.5) is 0 Å². The van der Waals surface area contributed by atoms with Gasteiger partial charge in [-0.2, -0.15) is 0 Å². The summed E-state index contributed by atoms with van der Waals surface area (Å²) in [5.74, 6) is 0.973. The molecule has 23 heavy (non-hydrogen) atoms. The summed E-state index contributed by atoms with van der Waals surface area (Å²) in [6.45, 7) is 10.9. The molecule has 1 aromatic rings. The van der Waals surface area contributed by atoms with E-state index in [9.17, 15) is 5.11 Å². The van der Waals surface area contributed by atoms with E-state index < -0.39 is 0 Å².